The van der Waals surface area contributed by atoms with E-state index in [2.05, 4.69) is 15.4 Å². The molecule has 60 valence electrons. The van der Waals surface area contributed by atoms with Crippen molar-refractivity contribution in [2.75, 3.05) is 14.2 Å². The Labute approximate surface area is 65.6 Å². The summed E-state index contributed by atoms with van der Waals surface area (Å²) in [7, 11) is 2.73. The third kappa shape index (κ3) is 25.5. The SMILES string of the molecule is C=CC=CC.CO[SiH2]OC. The highest BCUT2D eigenvalue weighted by Crippen LogP contribution is 1.64. The van der Waals surface area contributed by atoms with Gasteiger partial charge in [-0.1, -0.05) is 24.8 Å². The van der Waals surface area contributed by atoms with Crippen LogP contribution in [0.1, 0.15) is 6.92 Å². The molecule has 0 bridgehead atoms. The van der Waals surface area contributed by atoms with Crippen LogP contribution in [0.15, 0.2) is 24.8 Å². The predicted octanol–water partition coefficient (Wildman–Crippen LogP) is 1.03. The Morgan fingerprint density at radius 3 is 1.80 bits per heavy atom. The van der Waals surface area contributed by atoms with Gasteiger partial charge in [0.2, 0.25) is 0 Å². The van der Waals surface area contributed by atoms with Crippen LogP contribution < -0.4 is 0 Å². The topological polar surface area (TPSA) is 18.5 Å². The van der Waals surface area contributed by atoms with Gasteiger partial charge in [-0.2, -0.15) is 0 Å². The Bertz CT molecular complexity index is 79.7. The summed E-state index contributed by atoms with van der Waals surface area (Å²) in [4.78, 5) is 0. The largest absolute Gasteiger partial charge is 0.402 e. The number of hydrogen-bond acceptors (Lipinski definition) is 2. The van der Waals surface area contributed by atoms with Crippen LogP contribution in [0.4, 0.5) is 0 Å². The van der Waals surface area contributed by atoms with Crippen LogP contribution >= 0.6 is 0 Å². The van der Waals surface area contributed by atoms with Crippen molar-refractivity contribution in [1.82, 2.24) is 0 Å². The molecule has 0 aliphatic carbocycles. The average molecular weight is 160 g/mol. The summed E-state index contributed by atoms with van der Waals surface area (Å²) >= 11 is 0. The Morgan fingerprint density at radius 1 is 1.30 bits per heavy atom. The highest BCUT2D eigenvalue weighted by Gasteiger charge is 1.67. The summed E-state index contributed by atoms with van der Waals surface area (Å²) in [6.07, 6.45) is 5.58. The van der Waals surface area contributed by atoms with Crippen LogP contribution in [-0.2, 0) is 8.85 Å². The van der Waals surface area contributed by atoms with Crippen molar-refractivity contribution in [3.8, 4) is 0 Å². The van der Waals surface area contributed by atoms with Crippen LogP contribution in [0.2, 0.25) is 0 Å². The van der Waals surface area contributed by atoms with Crippen molar-refractivity contribution in [3.63, 3.8) is 0 Å². The molecule has 0 aliphatic rings. The van der Waals surface area contributed by atoms with Gasteiger partial charge in [-0.25, -0.2) is 0 Å². The van der Waals surface area contributed by atoms with Crippen LogP contribution in [0.3, 0.4) is 0 Å². The molecule has 0 radical (unpaired) electrons. The van der Waals surface area contributed by atoms with E-state index in [1.807, 2.05) is 19.1 Å². The lowest BCUT2D eigenvalue weighted by Gasteiger charge is -1.86. The van der Waals surface area contributed by atoms with Gasteiger partial charge in [0.1, 0.15) is 0 Å². The van der Waals surface area contributed by atoms with Gasteiger partial charge >= 0.3 is 10.0 Å². The maximum Gasteiger partial charge on any atom is 0.303 e. The molecule has 0 saturated heterocycles. The second-order valence-electron chi connectivity index (χ2n) is 1.46. The van der Waals surface area contributed by atoms with E-state index in [1.54, 1.807) is 20.3 Å². The summed E-state index contributed by atoms with van der Waals surface area (Å²) in [5, 5.41) is 0. The van der Waals surface area contributed by atoms with Gasteiger partial charge < -0.3 is 8.85 Å². The first-order valence-electron chi connectivity index (χ1n) is 3.05. The molecule has 0 amide bonds. The smallest absolute Gasteiger partial charge is 0.303 e. The monoisotopic (exact) mass is 160 g/mol. The molecule has 0 unspecified atom stereocenters. The first-order chi connectivity index (χ1) is 4.83. The van der Waals surface area contributed by atoms with Gasteiger partial charge in [-0.05, 0) is 6.92 Å². The van der Waals surface area contributed by atoms with E-state index in [1.165, 1.54) is 0 Å². The normalized spacial score (nSPS) is 8.70. The van der Waals surface area contributed by atoms with E-state index in [9.17, 15) is 0 Å². The maximum absolute atomic E-state index is 4.61. The second kappa shape index (κ2) is 15.8. The van der Waals surface area contributed by atoms with Crippen molar-refractivity contribution in [3.05, 3.63) is 24.8 Å². The molecule has 0 atom stereocenters. The van der Waals surface area contributed by atoms with Crippen molar-refractivity contribution in [2.45, 2.75) is 6.92 Å². The van der Waals surface area contributed by atoms with Crippen LogP contribution in [0.25, 0.3) is 0 Å². The fraction of sp³-hybridized carbons (Fsp3) is 0.429. The van der Waals surface area contributed by atoms with Crippen molar-refractivity contribution in [1.29, 1.82) is 0 Å². The highest BCUT2D eigenvalue weighted by molar-refractivity contribution is 6.17. The molecule has 0 aromatic heterocycles. The van der Waals surface area contributed by atoms with Crippen molar-refractivity contribution >= 4 is 10.0 Å². The Kier molecular flexibility index (Phi) is 19.5. The van der Waals surface area contributed by atoms with E-state index < -0.39 is 10.0 Å². The molecule has 10 heavy (non-hydrogen) atoms. The van der Waals surface area contributed by atoms with E-state index in [-0.39, 0.29) is 0 Å². The van der Waals surface area contributed by atoms with Gasteiger partial charge in [0, 0.05) is 14.2 Å². The molecule has 2 nitrogen and oxygen atoms in total. The van der Waals surface area contributed by atoms with Gasteiger partial charge in [0.05, 0.1) is 0 Å². The summed E-state index contributed by atoms with van der Waals surface area (Å²) in [6.45, 7) is 5.42. The number of hydrogen-bond donors (Lipinski definition) is 0. The molecule has 0 aromatic rings. The van der Waals surface area contributed by atoms with Crippen LogP contribution in [-0.4, -0.2) is 24.2 Å². The Hall–Kier alpha value is -0.383. The quantitative estimate of drug-likeness (QED) is 0.453. The standard InChI is InChI=1S/C5H8.C2H8O2Si/c2*1-3-5-4-2/h3-5H,1H2,2H3;5H2,1-2H3. The lowest BCUT2D eigenvalue weighted by Crippen LogP contribution is -1.93. The first-order valence-corrected chi connectivity index (χ1v) is 4.20. The third-order valence-corrected chi connectivity index (χ3v) is 1.04. The molecule has 0 heterocycles. The third-order valence-electron chi connectivity index (χ3n) is 0.564. The van der Waals surface area contributed by atoms with Crippen LogP contribution in [0, 0.1) is 0 Å². The lowest BCUT2D eigenvalue weighted by molar-refractivity contribution is 0.309. The Balaban J connectivity index is 0. The molecule has 0 saturated carbocycles. The molecule has 0 fully saturated rings. The second-order valence-corrected chi connectivity index (χ2v) is 2.85. The number of rotatable bonds is 3. The zero-order valence-electron chi connectivity index (χ0n) is 6.96. The molecule has 0 rings (SSSR count). The molecular weight excluding hydrogens is 144 g/mol. The minimum absolute atomic E-state index is 0.568. The van der Waals surface area contributed by atoms with Crippen molar-refractivity contribution in [2.24, 2.45) is 0 Å². The van der Waals surface area contributed by atoms with E-state index in [0.717, 1.165) is 0 Å². The van der Waals surface area contributed by atoms with E-state index in [0.29, 0.717) is 0 Å². The Morgan fingerprint density at radius 2 is 1.80 bits per heavy atom. The molecule has 0 N–H and O–H groups in total. The molecule has 3 heteroatoms. The summed E-state index contributed by atoms with van der Waals surface area (Å²) in [5.41, 5.74) is 0. The van der Waals surface area contributed by atoms with Gasteiger partial charge in [0.15, 0.2) is 0 Å². The molecular formula is C7H16O2Si. The fourth-order valence-electron chi connectivity index (χ4n) is 0.254. The molecule has 0 aromatic carbocycles. The van der Waals surface area contributed by atoms with Gasteiger partial charge in [-0.15, -0.1) is 0 Å². The van der Waals surface area contributed by atoms with Gasteiger partial charge in [-0.3, -0.25) is 0 Å². The minimum atomic E-state index is -0.568. The zero-order valence-corrected chi connectivity index (χ0v) is 8.38. The summed E-state index contributed by atoms with van der Waals surface area (Å²) < 4.78 is 9.22. The zero-order chi connectivity index (χ0) is 8.24. The summed E-state index contributed by atoms with van der Waals surface area (Å²) in [6, 6.07) is 0. The lowest BCUT2D eigenvalue weighted by atomic mass is 10.5. The number of allylic oxidation sites excluding steroid dienone is 3. The minimum Gasteiger partial charge on any atom is -0.402 e. The molecule has 0 aliphatic heterocycles. The maximum atomic E-state index is 4.61. The molecule has 0 spiro atoms. The predicted molar refractivity (Wildman–Crippen MR) is 47.6 cm³/mol. The van der Waals surface area contributed by atoms with Crippen molar-refractivity contribution < 1.29 is 8.85 Å². The highest BCUT2D eigenvalue weighted by atomic mass is 28.3. The first kappa shape index (κ1) is 12.3. The fourth-order valence-corrected chi connectivity index (χ4v) is 0.490. The van der Waals surface area contributed by atoms with E-state index in [4.69, 9.17) is 0 Å². The van der Waals surface area contributed by atoms with Crippen LogP contribution in [0.5, 0.6) is 0 Å². The van der Waals surface area contributed by atoms with Gasteiger partial charge in [0.25, 0.3) is 0 Å². The average Bonchev–Trinajstić information content (AvgIpc) is 1.93. The van der Waals surface area contributed by atoms with E-state index >= 15 is 0 Å². The summed E-state index contributed by atoms with van der Waals surface area (Å²) in [5.74, 6) is 0.